The first-order valence-electron chi connectivity index (χ1n) is 11.7. The molecule has 8 heteroatoms. The van der Waals surface area contributed by atoms with Crippen LogP contribution in [0.25, 0.3) is 0 Å². The van der Waals surface area contributed by atoms with E-state index in [1.165, 1.54) is 6.07 Å². The summed E-state index contributed by atoms with van der Waals surface area (Å²) < 4.78 is 5.87. The normalized spacial score (nSPS) is 15.1. The summed E-state index contributed by atoms with van der Waals surface area (Å²) in [5, 5.41) is 21.9. The lowest BCUT2D eigenvalue weighted by molar-refractivity contribution is -0.135. The van der Waals surface area contributed by atoms with E-state index >= 15 is 0 Å². The Morgan fingerprint density at radius 3 is 2.40 bits per heavy atom. The minimum Gasteiger partial charge on any atom is -0.507 e. The fourth-order valence-corrected chi connectivity index (χ4v) is 3.18. The van der Waals surface area contributed by atoms with Crippen LogP contribution in [-0.2, 0) is 9.53 Å². The van der Waals surface area contributed by atoms with Gasteiger partial charge in [0.15, 0.2) is 0 Å². The molecule has 2 atom stereocenters. The van der Waals surface area contributed by atoms with Crippen molar-refractivity contribution in [1.29, 1.82) is 0 Å². The zero-order valence-electron chi connectivity index (χ0n) is 21.5. The first kappa shape index (κ1) is 29.6. The number of nitrogens with one attached hydrogen (secondary N) is 1. The molecule has 0 spiro atoms. The quantitative estimate of drug-likeness (QED) is 0.184. The molecule has 0 saturated carbocycles. The van der Waals surface area contributed by atoms with Gasteiger partial charge < -0.3 is 26.0 Å². The first-order chi connectivity index (χ1) is 16.4. The molecule has 2 unspecified atom stereocenters. The molecule has 0 aliphatic carbocycles. The van der Waals surface area contributed by atoms with E-state index in [1.807, 2.05) is 20.8 Å². The largest absolute Gasteiger partial charge is 0.507 e. The number of benzene rings is 1. The van der Waals surface area contributed by atoms with Gasteiger partial charge in [0.25, 0.3) is 5.91 Å². The summed E-state index contributed by atoms with van der Waals surface area (Å²) >= 11 is 0. The molecule has 0 aliphatic heterocycles. The van der Waals surface area contributed by atoms with Gasteiger partial charge in [-0.15, -0.1) is 0 Å². The van der Waals surface area contributed by atoms with Crippen molar-refractivity contribution in [3.8, 4) is 5.75 Å². The number of carbonyl (C=O) groups is 2. The third-order valence-electron chi connectivity index (χ3n) is 5.14. The van der Waals surface area contributed by atoms with Crippen molar-refractivity contribution in [3.63, 3.8) is 0 Å². The number of aliphatic carboxylic acids is 1. The van der Waals surface area contributed by atoms with Crippen molar-refractivity contribution in [2.24, 2.45) is 16.6 Å². The van der Waals surface area contributed by atoms with Crippen LogP contribution in [0.4, 0.5) is 0 Å². The highest BCUT2D eigenvalue weighted by Gasteiger charge is 2.18. The van der Waals surface area contributed by atoms with Crippen molar-refractivity contribution in [3.05, 3.63) is 65.1 Å². The third-order valence-corrected chi connectivity index (χ3v) is 5.14. The second-order valence-corrected chi connectivity index (χ2v) is 9.04. The Bertz CT molecular complexity index is 990. The van der Waals surface area contributed by atoms with E-state index in [9.17, 15) is 14.7 Å². The van der Waals surface area contributed by atoms with Crippen LogP contribution in [0.5, 0.6) is 5.75 Å². The minimum absolute atomic E-state index is 0.0670. The summed E-state index contributed by atoms with van der Waals surface area (Å²) in [5.41, 5.74) is 8.13. The van der Waals surface area contributed by atoms with Crippen LogP contribution in [-0.4, -0.2) is 46.5 Å². The Morgan fingerprint density at radius 1 is 1.17 bits per heavy atom. The van der Waals surface area contributed by atoms with Gasteiger partial charge >= 0.3 is 5.97 Å². The number of nitrogens with zero attached hydrogens (tertiary/aromatic N) is 1. The molecule has 1 amide bonds. The third kappa shape index (κ3) is 11.5. The van der Waals surface area contributed by atoms with Crippen LogP contribution in [0.15, 0.2) is 64.5 Å². The molecule has 35 heavy (non-hydrogen) atoms. The Hall–Kier alpha value is -3.39. The average Bonchev–Trinajstić information content (AvgIpc) is 2.75. The summed E-state index contributed by atoms with van der Waals surface area (Å²) in [7, 11) is 0. The molecule has 0 radical (unpaired) electrons. The van der Waals surface area contributed by atoms with Gasteiger partial charge in [0, 0.05) is 11.8 Å². The molecular weight excluding hydrogens is 446 g/mol. The number of aromatic hydroxyl groups is 1. The molecule has 5 N–H and O–H groups in total. The molecular formula is C27H39N3O5. The monoisotopic (exact) mass is 485 g/mol. The molecule has 0 heterocycles. The number of allylic oxidation sites excluding steroid dienone is 4. The minimum atomic E-state index is -0.942. The number of aliphatic imine (C=N–C) groups is 1. The molecule has 0 fully saturated rings. The Morgan fingerprint density at radius 2 is 1.83 bits per heavy atom. The predicted molar refractivity (Wildman–Crippen MR) is 139 cm³/mol. The molecule has 1 rings (SSSR count). The molecule has 0 aromatic heterocycles. The van der Waals surface area contributed by atoms with Gasteiger partial charge in [0.1, 0.15) is 12.4 Å². The van der Waals surface area contributed by atoms with Gasteiger partial charge in [-0.05, 0) is 69.9 Å². The zero-order chi connectivity index (χ0) is 26.5. The van der Waals surface area contributed by atoms with Gasteiger partial charge in [0.05, 0.1) is 29.5 Å². The topological polar surface area (TPSA) is 134 Å². The molecule has 0 saturated heterocycles. The zero-order valence-corrected chi connectivity index (χ0v) is 21.5. The molecule has 1 aromatic carbocycles. The van der Waals surface area contributed by atoms with Crippen molar-refractivity contribution < 1.29 is 24.5 Å². The number of phenols is 1. The first-order valence-corrected chi connectivity index (χ1v) is 11.7. The predicted octanol–water partition coefficient (Wildman–Crippen LogP) is 4.57. The number of rotatable bonds is 13. The lowest BCUT2D eigenvalue weighted by atomic mass is 10.0. The van der Waals surface area contributed by atoms with Gasteiger partial charge in [-0.1, -0.05) is 32.1 Å². The van der Waals surface area contributed by atoms with Gasteiger partial charge in [-0.3, -0.25) is 14.6 Å². The molecule has 192 valence electrons. The lowest BCUT2D eigenvalue weighted by Gasteiger charge is -2.21. The number of carbonyl (C=O) groups excluding carboxylic acids is 1. The standard InChI is InChI=1S/C27H39N3O5/c1-17(2)14-22(30-27(34)23-11-7-8-13-25(23)31)16-35-19(4)10-9-12-24(20(5)21(6)28)29-18(3)15-26(32)33/h7-13,17,21-22,31H,14-16,28H2,1-6H3,(H,30,34)(H,32,33)/b12-9-,19-10+,24-20-,29-18?. The van der Waals surface area contributed by atoms with E-state index in [4.69, 9.17) is 15.6 Å². The van der Waals surface area contributed by atoms with E-state index in [0.29, 0.717) is 29.5 Å². The van der Waals surface area contributed by atoms with Gasteiger partial charge in [-0.25, -0.2) is 0 Å². The van der Waals surface area contributed by atoms with Crippen LogP contribution in [0, 0.1) is 5.92 Å². The maximum atomic E-state index is 12.6. The van der Waals surface area contributed by atoms with E-state index in [-0.39, 0.29) is 42.3 Å². The lowest BCUT2D eigenvalue weighted by Crippen LogP contribution is -2.39. The maximum Gasteiger partial charge on any atom is 0.309 e. The highest BCUT2D eigenvalue weighted by atomic mass is 16.5. The van der Waals surface area contributed by atoms with E-state index < -0.39 is 5.97 Å². The summed E-state index contributed by atoms with van der Waals surface area (Å²) in [6.07, 6.45) is 5.87. The number of hydrogen-bond donors (Lipinski definition) is 4. The Balaban J connectivity index is 2.91. The Kier molecular flexibility index (Phi) is 12.5. The van der Waals surface area contributed by atoms with Crippen molar-refractivity contribution in [1.82, 2.24) is 5.32 Å². The van der Waals surface area contributed by atoms with Crippen LogP contribution in [0.1, 0.15) is 64.7 Å². The highest BCUT2D eigenvalue weighted by Crippen LogP contribution is 2.17. The molecule has 0 aliphatic rings. The van der Waals surface area contributed by atoms with Gasteiger partial charge in [0.2, 0.25) is 0 Å². The van der Waals surface area contributed by atoms with Crippen LogP contribution >= 0.6 is 0 Å². The number of amides is 1. The van der Waals surface area contributed by atoms with Crippen LogP contribution in [0.2, 0.25) is 0 Å². The number of carboxylic acids is 1. The second-order valence-electron chi connectivity index (χ2n) is 9.04. The van der Waals surface area contributed by atoms with Crippen molar-refractivity contribution in [2.45, 2.75) is 66.5 Å². The van der Waals surface area contributed by atoms with Crippen molar-refractivity contribution in [2.75, 3.05) is 6.61 Å². The van der Waals surface area contributed by atoms with E-state index in [1.54, 1.807) is 43.4 Å². The van der Waals surface area contributed by atoms with E-state index in [0.717, 1.165) is 5.57 Å². The summed E-state index contributed by atoms with van der Waals surface area (Å²) in [6, 6.07) is 5.94. The second kappa shape index (κ2) is 14.8. The number of para-hydroxylation sites is 1. The molecule has 1 aromatic rings. The van der Waals surface area contributed by atoms with Crippen LogP contribution < -0.4 is 11.1 Å². The van der Waals surface area contributed by atoms with Gasteiger partial charge in [-0.2, -0.15) is 0 Å². The fraction of sp³-hybridized carbons (Fsp3) is 0.444. The maximum absolute atomic E-state index is 12.6. The highest BCUT2D eigenvalue weighted by molar-refractivity contribution is 5.97. The average molecular weight is 486 g/mol. The smallest absolute Gasteiger partial charge is 0.309 e. The number of ether oxygens (including phenoxy) is 1. The molecule has 8 nitrogen and oxygen atoms in total. The summed E-state index contributed by atoms with van der Waals surface area (Å²) in [6.45, 7) is 11.6. The van der Waals surface area contributed by atoms with E-state index in [2.05, 4.69) is 24.2 Å². The number of phenolic OH excluding ortho intramolecular Hbond substituents is 1. The van der Waals surface area contributed by atoms with Crippen molar-refractivity contribution >= 4 is 17.6 Å². The SMILES string of the molecule is CC(CC(=O)O)=NC(/C=C\C=C(/C)OCC(CC(C)C)NC(=O)c1ccccc1O)=C(/C)C(C)N. The summed E-state index contributed by atoms with van der Waals surface area (Å²) in [5.74, 6) is -0.394. The summed E-state index contributed by atoms with van der Waals surface area (Å²) in [4.78, 5) is 28.0. The Labute approximate surface area is 208 Å². The fourth-order valence-electron chi connectivity index (χ4n) is 3.18. The number of carboxylic acid groups (broad SMARTS) is 1. The molecule has 0 bridgehead atoms. The number of hydrogen-bond acceptors (Lipinski definition) is 6. The van der Waals surface area contributed by atoms with Crippen LogP contribution in [0.3, 0.4) is 0 Å². The number of nitrogens with two attached hydrogens (primary N) is 1.